The number of hydrogen-bond acceptors (Lipinski definition) is 5. The molecule has 146 valence electrons. The summed E-state index contributed by atoms with van der Waals surface area (Å²) in [6.07, 6.45) is 0. The smallest absolute Gasteiger partial charge is 0.271 e. The number of nitrogens with two attached hydrogens (primary N) is 2. The van der Waals surface area contributed by atoms with Gasteiger partial charge in [0.1, 0.15) is 11.4 Å². The minimum Gasteiger partial charge on any atom is -0.453 e. The first-order valence-corrected chi connectivity index (χ1v) is 8.88. The van der Waals surface area contributed by atoms with Gasteiger partial charge in [0.25, 0.3) is 5.91 Å². The summed E-state index contributed by atoms with van der Waals surface area (Å²) in [5, 5.41) is 2.78. The van der Waals surface area contributed by atoms with E-state index in [1.54, 1.807) is 0 Å². The fourth-order valence-corrected chi connectivity index (χ4v) is 2.99. The van der Waals surface area contributed by atoms with Crippen LogP contribution in [0.15, 0.2) is 30.3 Å². The van der Waals surface area contributed by atoms with Crippen molar-refractivity contribution >= 4 is 52.3 Å². The predicted molar refractivity (Wildman–Crippen MR) is 107 cm³/mol. The number of benzene rings is 2. The van der Waals surface area contributed by atoms with Crippen molar-refractivity contribution in [1.82, 2.24) is 15.3 Å². The van der Waals surface area contributed by atoms with Gasteiger partial charge >= 0.3 is 0 Å². The number of imidazole rings is 1. The minimum atomic E-state index is -0.749. The lowest BCUT2D eigenvalue weighted by atomic mass is 10.2. The summed E-state index contributed by atoms with van der Waals surface area (Å²) >= 11 is 17.8. The maximum Gasteiger partial charge on any atom is 0.271 e. The molecule has 6 N–H and O–H groups in total. The molecular weight excluding hydrogens is 432 g/mol. The predicted octanol–water partition coefficient (Wildman–Crippen LogP) is 4.40. The van der Waals surface area contributed by atoms with Crippen LogP contribution in [0.5, 0.6) is 11.5 Å². The van der Waals surface area contributed by atoms with E-state index in [4.69, 9.17) is 51.0 Å². The molecule has 0 aliphatic rings. The average molecular weight is 445 g/mol. The van der Waals surface area contributed by atoms with Gasteiger partial charge in [0.05, 0.1) is 5.02 Å². The number of nitrogen functional groups attached to an aromatic ring is 2. The van der Waals surface area contributed by atoms with Gasteiger partial charge < -0.3 is 26.5 Å². The third-order valence-corrected chi connectivity index (χ3v) is 4.38. The molecule has 28 heavy (non-hydrogen) atoms. The summed E-state index contributed by atoms with van der Waals surface area (Å²) in [6, 6.07) is 7.32. The molecule has 0 aliphatic heterocycles. The lowest BCUT2D eigenvalue weighted by Crippen LogP contribution is -2.24. The summed E-state index contributed by atoms with van der Waals surface area (Å²) in [7, 11) is 0. The van der Waals surface area contributed by atoms with Crippen molar-refractivity contribution in [3.05, 3.63) is 62.6 Å². The molecule has 1 amide bonds. The second-order valence-electron chi connectivity index (χ2n) is 5.64. The Morgan fingerprint density at radius 3 is 2.61 bits per heavy atom. The number of nitrogens with zero attached hydrogens (tertiary/aromatic N) is 1. The van der Waals surface area contributed by atoms with E-state index in [0.717, 1.165) is 0 Å². The molecule has 3 rings (SSSR count). The normalized spacial score (nSPS) is 10.7. The van der Waals surface area contributed by atoms with Crippen LogP contribution in [0.2, 0.25) is 15.2 Å². The molecule has 0 saturated heterocycles. The summed E-state index contributed by atoms with van der Waals surface area (Å²) in [6.45, 7) is -0.162. The second kappa shape index (κ2) is 8.14. The van der Waals surface area contributed by atoms with Gasteiger partial charge in [-0.1, -0.05) is 40.9 Å². The van der Waals surface area contributed by atoms with Gasteiger partial charge in [-0.15, -0.1) is 0 Å². The number of hydrogen-bond donors (Lipinski definition) is 4. The van der Waals surface area contributed by atoms with Crippen molar-refractivity contribution in [2.24, 2.45) is 0 Å². The van der Waals surface area contributed by atoms with Crippen LogP contribution < -0.4 is 21.5 Å². The molecule has 7 nitrogen and oxygen atoms in total. The molecule has 0 aliphatic carbocycles. The summed E-state index contributed by atoms with van der Waals surface area (Å²) in [5.41, 5.74) is 11.6. The number of amides is 1. The van der Waals surface area contributed by atoms with Crippen LogP contribution in [0, 0.1) is 5.82 Å². The standard InChI is InChI=1S/C17H13Cl3FN5O2/c18-8-3-9(22)5-10(4-8)28-14-11(19)2-1-7(12(14)21)6-24-16(27)13-15(20)26-17(23)25-13/h1-5H,6,22H2,(H,24,27)(H3,23,25,26). The van der Waals surface area contributed by atoms with E-state index in [0.29, 0.717) is 10.7 Å². The second-order valence-corrected chi connectivity index (χ2v) is 6.84. The van der Waals surface area contributed by atoms with Crippen LogP contribution in [0.25, 0.3) is 0 Å². The first kappa shape index (κ1) is 20.1. The van der Waals surface area contributed by atoms with Crippen LogP contribution in [-0.4, -0.2) is 15.9 Å². The number of carbonyl (C=O) groups excluding carboxylic acids is 1. The molecule has 3 aromatic rings. The van der Waals surface area contributed by atoms with Crippen molar-refractivity contribution in [2.45, 2.75) is 6.54 Å². The van der Waals surface area contributed by atoms with E-state index in [-0.39, 0.29) is 45.4 Å². The first-order chi connectivity index (χ1) is 13.2. The van der Waals surface area contributed by atoms with E-state index in [2.05, 4.69) is 15.3 Å². The Bertz CT molecular complexity index is 1040. The number of H-pyrrole nitrogens is 1. The molecule has 0 unspecified atom stereocenters. The highest BCUT2D eigenvalue weighted by Gasteiger charge is 2.18. The van der Waals surface area contributed by atoms with Gasteiger partial charge in [-0.05, 0) is 18.2 Å². The van der Waals surface area contributed by atoms with Crippen molar-refractivity contribution in [2.75, 3.05) is 11.5 Å². The van der Waals surface area contributed by atoms with Gasteiger partial charge in [-0.3, -0.25) is 4.79 Å². The number of halogens is 4. The van der Waals surface area contributed by atoms with E-state index < -0.39 is 11.7 Å². The van der Waals surface area contributed by atoms with Crippen LogP contribution in [0.1, 0.15) is 16.1 Å². The van der Waals surface area contributed by atoms with Crippen molar-refractivity contribution in [3.8, 4) is 11.5 Å². The van der Waals surface area contributed by atoms with Gasteiger partial charge in [0.2, 0.25) is 0 Å². The van der Waals surface area contributed by atoms with E-state index in [9.17, 15) is 9.18 Å². The molecule has 0 fully saturated rings. The zero-order valence-electron chi connectivity index (χ0n) is 14.0. The monoisotopic (exact) mass is 443 g/mol. The Morgan fingerprint density at radius 1 is 1.21 bits per heavy atom. The molecule has 11 heteroatoms. The largest absolute Gasteiger partial charge is 0.453 e. The molecule has 0 bridgehead atoms. The first-order valence-electron chi connectivity index (χ1n) is 7.74. The number of anilines is 2. The molecule has 2 aromatic carbocycles. The van der Waals surface area contributed by atoms with Crippen LogP contribution in [0.4, 0.5) is 16.0 Å². The molecular formula is C17H13Cl3FN5O2. The fraction of sp³-hybridized carbons (Fsp3) is 0.0588. The fourth-order valence-electron chi connectivity index (χ4n) is 2.35. The highest BCUT2D eigenvalue weighted by Crippen LogP contribution is 2.35. The van der Waals surface area contributed by atoms with Crippen LogP contribution in [0.3, 0.4) is 0 Å². The Labute approximate surface area is 173 Å². The maximum absolute atomic E-state index is 14.9. The van der Waals surface area contributed by atoms with E-state index in [1.807, 2.05) is 0 Å². The SMILES string of the molecule is Nc1cc(Cl)cc(Oc2c(Cl)ccc(CNC(=O)c3[nH]c(N)nc3Cl)c2F)c1. The van der Waals surface area contributed by atoms with Crippen LogP contribution in [-0.2, 0) is 6.54 Å². The molecule has 0 saturated carbocycles. The third-order valence-electron chi connectivity index (χ3n) is 3.59. The van der Waals surface area contributed by atoms with Gasteiger partial charge in [-0.25, -0.2) is 9.37 Å². The highest BCUT2D eigenvalue weighted by atomic mass is 35.5. The maximum atomic E-state index is 14.9. The summed E-state index contributed by atoms with van der Waals surface area (Å²) < 4.78 is 20.4. The molecule has 1 aromatic heterocycles. The summed E-state index contributed by atoms with van der Waals surface area (Å²) in [5.74, 6) is -1.37. The number of carbonyl (C=O) groups is 1. The Kier molecular flexibility index (Phi) is 5.83. The van der Waals surface area contributed by atoms with Crippen LogP contribution >= 0.6 is 34.8 Å². The average Bonchev–Trinajstić information content (AvgIpc) is 2.95. The zero-order valence-corrected chi connectivity index (χ0v) is 16.3. The zero-order chi connectivity index (χ0) is 20.4. The van der Waals surface area contributed by atoms with Crippen molar-refractivity contribution in [3.63, 3.8) is 0 Å². The summed E-state index contributed by atoms with van der Waals surface area (Å²) in [4.78, 5) is 18.4. The number of nitrogens with one attached hydrogen (secondary N) is 2. The third kappa shape index (κ3) is 4.41. The number of rotatable bonds is 5. The minimum absolute atomic E-state index is 0.00990. The van der Waals surface area contributed by atoms with Gasteiger partial charge in [0.15, 0.2) is 22.7 Å². The van der Waals surface area contributed by atoms with Crippen molar-refractivity contribution < 1.29 is 13.9 Å². The number of aromatic amines is 1. The molecule has 0 spiro atoms. The van der Waals surface area contributed by atoms with Gasteiger partial charge in [0, 0.05) is 28.9 Å². The quantitative estimate of drug-likeness (QED) is 0.435. The topological polar surface area (TPSA) is 119 Å². The van der Waals surface area contributed by atoms with Gasteiger partial charge in [-0.2, -0.15) is 0 Å². The Hall–Kier alpha value is -2.68. The molecule has 0 atom stereocenters. The number of ether oxygens (including phenoxy) is 1. The highest BCUT2D eigenvalue weighted by molar-refractivity contribution is 6.33. The molecule has 1 heterocycles. The van der Waals surface area contributed by atoms with Crippen molar-refractivity contribution in [1.29, 1.82) is 0 Å². The van der Waals surface area contributed by atoms with E-state index >= 15 is 0 Å². The number of aromatic nitrogens is 2. The lowest BCUT2D eigenvalue weighted by Gasteiger charge is -2.13. The van der Waals surface area contributed by atoms with E-state index in [1.165, 1.54) is 30.3 Å². The molecule has 0 radical (unpaired) electrons. The Morgan fingerprint density at radius 2 is 1.96 bits per heavy atom. The Balaban J connectivity index is 1.80. The lowest BCUT2D eigenvalue weighted by molar-refractivity contribution is 0.0946.